The molecule has 0 unspecified atom stereocenters. The van der Waals surface area contributed by atoms with E-state index in [1.54, 1.807) is 17.2 Å². The summed E-state index contributed by atoms with van der Waals surface area (Å²) in [6.07, 6.45) is 1.67. The summed E-state index contributed by atoms with van der Waals surface area (Å²) in [5, 5.41) is 10.9. The third-order valence-corrected chi connectivity index (χ3v) is 3.05. The summed E-state index contributed by atoms with van der Waals surface area (Å²) in [6, 6.07) is 3.08. The van der Waals surface area contributed by atoms with E-state index < -0.39 is 4.92 Å². The van der Waals surface area contributed by atoms with Gasteiger partial charge in [-0.05, 0) is 6.07 Å². The molecule has 0 radical (unpaired) electrons. The third-order valence-electron chi connectivity index (χ3n) is 3.05. The van der Waals surface area contributed by atoms with Crippen LogP contribution < -0.4 is 9.88 Å². The van der Waals surface area contributed by atoms with Crippen LogP contribution in [0.4, 0.5) is 11.5 Å². The fraction of sp³-hybridized carbons (Fsp3) is 0.455. The number of hydrogen-bond donors (Lipinski definition) is 0. The molecule has 1 aliphatic rings. The molecule has 18 heavy (non-hydrogen) atoms. The zero-order valence-electron chi connectivity index (χ0n) is 10.1. The van der Waals surface area contributed by atoms with Gasteiger partial charge in [-0.1, -0.05) is 0 Å². The van der Waals surface area contributed by atoms with Gasteiger partial charge in [-0.25, -0.2) is 4.98 Å². The molecule has 0 aromatic carbocycles. The lowest BCUT2D eigenvalue weighted by Crippen LogP contribution is -2.49. The number of hydrogen-bond acceptors (Lipinski definition) is 4. The summed E-state index contributed by atoms with van der Waals surface area (Å²) >= 11 is 0. The molecular formula is C11H15N4O3+. The lowest BCUT2D eigenvalue weighted by molar-refractivity contribution is -0.411. The molecule has 1 aromatic rings. The minimum absolute atomic E-state index is 0.0428. The van der Waals surface area contributed by atoms with Gasteiger partial charge in [-0.3, -0.25) is 19.8 Å². The molecular weight excluding hydrogens is 236 g/mol. The van der Waals surface area contributed by atoms with Crippen LogP contribution in [-0.2, 0) is 4.79 Å². The molecule has 7 heteroatoms. The third kappa shape index (κ3) is 2.39. The van der Waals surface area contributed by atoms with Gasteiger partial charge in [0.15, 0.2) is 0 Å². The van der Waals surface area contributed by atoms with Crippen molar-refractivity contribution >= 4 is 17.4 Å². The van der Waals surface area contributed by atoms with E-state index in [1.807, 2.05) is 4.90 Å². The lowest BCUT2D eigenvalue weighted by atomic mass is 10.3. The van der Waals surface area contributed by atoms with Crippen molar-refractivity contribution in [1.82, 2.24) is 4.90 Å². The predicted molar refractivity (Wildman–Crippen MR) is 64.1 cm³/mol. The first-order chi connectivity index (χ1) is 8.59. The molecule has 1 aromatic heterocycles. The number of amides is 1. The normalized spacial score (nSPS) is 15.6. The molecule has 0 spiro atoms. The number of nitro groups is 1. The number of carbonyl (C=O) groups is 1. The van der Waals surface area contributed by atoms with Crippen LogP contribution in [0.1, 0.15) is 6.92 Å². The van der Waals surface area contributed by atoms with Gasteiger partial charge < -0.3 is 4.90 Å². The highest BCUT2D eigenvalue weighted by molar-refractivity contribution is 5.73. The molecule has 1 aliphatic heterocycles. The van der Waals surface area contributed by atoms with Gasteiger partial charge in [0.25, 0.3) is 0 Å². The van der Waals surface area contributed by atoms with E-state index in [0.717, 1.165) is 0 Å². The Kier molecular flexibility index (Phi) is 3.40. The van der Waals surface area contributed by atoms with Crippen LogP contribution in [0.3, 0.4) is 0 Å². The minimum atomic E-state index is -0.400. The maximum absolute atomic E-state index is 11.2. The second-order valence-electron chi connectivity index (χ2n) is 4.15. The Labute approximate surface area is 104 Å². The average molecular weight is 251 g/mol. The van der Waals surface area contributed by atoms with E-state index >= 15 is 0 Å². The van der Waals surface area contributed by atoms with Crippen molar-refractivity contribution in [3.63, 3.8) is 0 Å². The summed E-state index contributed by atoms with van der Waals surface area (Å²) < 4.78 is 0. The standard InChI is InChI=1S/C11H14N4O3/c1-9(16)13-5-7-14(8-6-13)11-10(15(17)18)3-2-4-12-11/h2-4H,5-8H2,1H3/p+1. The van der Waals surface area contributed by atoms with Gasteiger partial charge in [0.2, 0.25) is 5.91 Å². The highest BCUT2D eigenvalue weighted by Crippen LogP contribution is 2.22. The summed E-state index contributed by atoms with van der Waals surface area (Å²) in [4.78, 5) is 28.3. The molecule has 0 atom stereocenters. The number of rotatable bonds is 2. The maximum Gasteiger partial charge on any atom is 0.357 e. The van der Waals surface area contributed by atoms with Crippen LogP contribution in [0.2, 0.25) is 0 Å². The Bertz CT molecular complexity index is 469. The van der Waals surface area contributed by atoms with Gasteiger partial charge in [-0.15, -0.1) is 0 Å². The Morgan fingerprint density at radius 1 is 1.39 bits per heavy atom. The van der Waals surface area contributed by atoms with Gasteiger partial charge in [0.05, 0.1) is 24.2 Å². The monoisotopic (exact) mass is 251 g/mol. The lowest BCUT2D eigenvalue weighted by Gasteiger charge is -2.29. The first-order valence-corrected chi connectivity index (χ1v) is 5.75. The Balaban J connectivity index is 2.15. The number of carbonyl (C=O) groups excluding carboxylic acids is 1. The summed E-state index contributed by atoms with van der Waals surface area (Å²) in [5.74, 6) is 0.548. The first kappa shape index (κ1) is 12.3. The molecule has 0 aliphatic carbocycles. The van der Waals surface area contributed by atoms with Gasteiger partial charge >= 0.3 is 11.5 Å². The number of nitrogens with one attached hydrogen (secondary N) is 1. The van der Waals surface area contributed by atoms with Gasteiger partial charge in [-0.2, -0.15) is 0 Å². The van der Waals surface area contributed by atoms with Crippen molar-refractivity contribution < 1.29 is 14.7 Å². The van der Waals surface area contributed by atoms with E-state index in [-0.39, 0.29) is 11.6 Å². The first-order valence-electron chi connectivity index (χ1n) is 5.75. The summed E-state index contributed by atoms with van der Waals surface area (Å²) in [5.41, 5.74) is 0.0637. The van der Waals surface area contributed by atoms with Crippen LogP contribution in [0.25, 0.3) is 0 Å². The molecule has 1 amide bonds. The Morgan fingerprint density at radius 3 is 2.61 bits per heavy atom. The molecule has 0 bridgehead atoms. The number of aromatic nitrogens is 1. The number of anilines is 1. The van der Waals surface area contributed by atoms with Crippen LogP contribution in [0, 0.1) is 10.1 Å². The smallest absolute Gasteiger partial charge is 0.335 e. The van der Waals surface area contributed by atoms with E-state index in [2.05, 4.69) is 4.98 Å². The molecule has 1 fully saturated rings. The Morgan fingerprint density at radius 2 is 2.06 bits per heavy atom. The Hall–Kier alpha value is -2.18. The van der Waals surface area contributed by atoms with Crippen molar-refractivity contribution in [3.8, 4) is 0 Å². The highest BCUT2D eigenvalue weighted by Gasteiger charge is 2.31. The SMILES string of the molecule is CC(=O)N1CCN(c2[nH+]cccc2[N+](=O)[O-])CC1. The molecule has 2 rings (SSSR count). The van der Waals surface area contributed by atoms with Crippen LogP contribution in [0.15, 0.2) is 18.3 Å². The molecule has 2 heterocycles. The molecule has 7 nitrogen and oxygen atoms in total. The minimum Gasteiger partial charge on any atom is -0.335 e. The zero-order chi connectivity index (χ0) is 13.1. The quantitative estimate of drug-likeness (QED) is 0.550. The van der Waals surface area contributed by atoms with Gasteiger partial charge in [0.1, 0.15) is 13.1 Å². The van der Waals surface area contributed by atoms with Crippen molar-refractivity contribution in [1.29, 1.82) is 0 Å². The predicted octanol–water partition coefficient (Wildman–Crippen LogP) is 0.0774. The fourth-order valence-corrected chi connectivity index (χ4v) is 2.06. The number of piperazine rings is 1. The van der Waals surface area contributed by atoms with E-state index in [1.165, 1.54) is 13.0 Å². The number of nitrogens with zero attached hydrogens (tertiary/aromatic N) is 3. The zero-order valence-corrected chi connectivity index (χ0v) is 10.1. The van der Waals surface area contributed by atoms with Crippen LogP contribution >= 0.6 is 0 Å². The van der Waals surface area contributed by atoms with E-state index in [9.17, 15) is 14.9 Å². The van der Waals surface area contributed by atoms with E-state index in [0.29, 0.717) is 32.0 Å². The van der Waals surface area contributed by atoms with Crippen LogP contribution in [0.5, 0.6) is 0 Å². The number of aromatic amines is 1. The fourth-order valence-electron chi connectivity index (χ4n) is 2.06. The van der Waals surface area contributed by atoms with E-state index in [4.69, 9.17) is 0 Å². The van der Waals surface area contributed by atoms with Gasteiger partial charge in [0, 0.05) is 13.0 Å². The van der Waals surface area contributed by atoms with Crippen molar-refractivity contribution in [2.24, 2.45) is 0 Å². The molecule has 1 N–H and O–H groups in total. The van der Waals surface area contributed by atoms with Crippen molar-refractivity contribution in [2.45, 2.75) is 6.92 Å². The average Bonchev–Trinajstić information content (AvgIpc) is 2.39. The van der Waals surface area contributed by atoms with Crippen molar-refractivity contribution in [3.05, 3.63) is 28.4 Å². The molecule has 96 valence electrons. The second-order valence-corrected chi connectivity index (χ2v) is 4.15. The second kappa shape index (κ2) is 4.99. The summed E-state index contributed by atoms with van der Waals surface area (Å²) in [6.45, 7) is 3.92. The summed E-state index contributed by atoms with van der Waals surface area (Å²) in [7, 11) is 0. The largest absolute Gasteiger partial charge is 0.357 e. The highest BCUT2D eigenvalue weighted by atomic mass is 16.6. The van der Waals surface area contributed by atoms with Crippen LogP contribution in [-0.4, -0.2) is 41.9 Å². The number of pyridine rings is 1. The molecule has 0 saturated carbocycles. The topological polar surface area (TPSA) is 80.8 Å². The maximum atomic E-state index is 11.2. The molecule has 1 saturated heterocycles. The number of H-pyrrole nitrogens is 1. The van der Waals surface area contributed by atoms with Crippen molar-refractivity contribution in [2.75, 3.05) is 31.1 Å².